The van der Waals surface area contributed by atoms with E-state index in [1.807, 2.05) is 24.3 Å². The third kappa shape index (κ3) is 7.79. The Bertz CT molecular complexity index is 1240. The Balaban J connectivity index is 0.00000400. The van der Waals surface area contributed by atoms with E-state index in [0.29, 0.717) is 19.2 Å². The van der Waals surface area contributed by atoms with Gasteiger partial charge in [0.15, 0.2) is 0 Å². The van der Waals surface area contributed by atoms with Crippen molar-refractivity contribution >= 4 is 52.8 Å². The number of hydrogen-bond acceptors (Lipinski definition) is 7. The third-order valence-corrected chi connectivity index (χ3v) is 6.59. The number of carbonyl (C=O) groups excluding carboxylic acids is 2. The first-order chi connectivity index (χ1) is 17.9. The number of halogens is 2. The van der Waals surface area contributed by atoms with Gasteiger partial charge in [-0.3, -0.25) is 4.79 Å². The van der Waals surface area contributed by atoms with E-state index in [4.69, 9.17) is 27.9 Å². The molecule has 1 N–H and O–H groups in total. The molecular formula is C27H25Cl2N4NaO4. The van der Waals surface area contributed by atoms with E-state index in [9.17, 15) is 14.7 Å². The Kier molecular flexibility index (Phi) is 11.6. The minimum Gasteiger partial charge on any atom is -0.548 e. The monoisotopic (exact) mass is 562 g/mol. The quantitative estimate of drug-likeness (QED) is 0.388. The smallest absolute Gasteiger partial charge is 0.548 e. The first kappa shape index (κ1) is 30.1. The molecule has 3 aromatic rings. The number of ether oxygens (including phenoxy) is 1. The molecule has 1 saturated heterocycles. The Hall–Kier alpha value is -2.46. The first-order valence-corrected chi connectivity index (χ1v) is 12.6. The molecule has 0 saturated carbocycles. The van der Waals surface area contributed by atoms with Crippen molar-refractivity contribution in [1.82, 2.24) is 15.3 Å². The summed E-state index contributed by atoms with van der Waals surface area (Å²) in [6, 6.07) is 13.2. The summed E-state index contributed by atoms with van der Waals surface area (Å²) in [6.07, 6.45) is 8.65. The molecule has 1 amide bonds. The molecule has 11 heteroatoms. The number of rotatable bonds is 9. The SMILES string of the molecule is O=C(NC(C/C=C/c1ccc(N(c2ncccn2)C2CCOCC2)cc1)C(=O)[O-])c1c(Cl)cccc1Cl.[Na+]. The van der Waals surface area contributed by atoms with Crippen LogP contribution in [-0.4, -0.2) is 47.1 Å². The molecule has 38 heavy (non-hydrogen) atoms. The molecule has 1 fully saturated rings. The maximum atomic E-state index is 12.6. The van der Waals surface area contributed by atoms with Crippen LogP contribution in [0.5, 0.6) is 0 Å². The number of carboxylic acids is 1. The zero-order chi connectivity index (χ0) is 26.2. The van der Waals surface area contributed by atoms with Gasteiger partial charge < -0.3 is 24.9 Å². The van der Waals surface area contributed by atoms with Crippen LogP contribution in [0.2, 0.25) is 10.0 Å². The van der Waals surface area contributed by atoms with Crippen molar-refractivity contribution in [1.29, 1.82) is 0 Å². The minimum absolute atomic E-state index is 0. The fourth-order valence-electron chi connectivity index (χ4n) is 4.09. The van der Waals surface area contributed by atoms with Crippen LogP contribution in [-0.2, 0) is 9.53 Å². The van der Waals surface area contributed by atoms with E-state index in [1.54, 1.807) is 36.7 Å². The fourth-order valence-corrected chi connectivity index (χ4v) is 4.66. The van der Waals surface area contributed by atoms with E-state index in [0.717, 1.165) is 24.1 Å². The number of benzene rings is 2. The summed E-state index contributed by atoms with van der Waals surface area (Å²) in [7, 11) is 0. The summed E-state index contributed by atoms with van der Waals surface area (Å²) in [6.45, 7) is 1.38. The summed E-state index contributed by atoms with van der Waals surface area (Å²) in [5.41, 5.74) is 1.84. The van der Waals surface area contributed by atoms with Crippen molar-refractivity contribution in [2.45, 2.75) is 31.3 Å². The van der Waals surface area contributed by atoms with Crippen LogP contribution in [0.3, 0.4) is 0 Å². The van der Waals surface area contributed by atoms with Gasteiger partial charge in [-0.25, -0.2) is 9.97 Å². The molecule has 8 nitrogen and oxygen atoms in total. The number of carbonyl (C=O) groups is 2. The Labute approximate surface area is 253 Å². The van der Waals surface area contributed by atoms with Gasteiger partial charge in [0, 0.05) is 37.3 Å². The van der Waals surface area contributed by atoms with Gasteiger partial charge in [0.2, 0.25) is 5.95 Å². The average Bonchev–Trinajstić information content (AvgIpc) is 2.90. The number of carboxylic acid groups (broad SMARTS) is 1. The second kappa shape index (κ2) is 14.6. The van der Waals surface area contributed by atoms with E-state index in [2.05, 4.69) is 20.2 Å². The summed E-state index contributed by atoms with van der Waals surface area (Å²) < 4.78 is 5.52. The standard InChI is InChI=1S/C27H26Cl2N4O4.Na/c28-21-5-2-6-22(29)24(21)25(34)32-23(26(35)36)7-1-4-18-8-10-19(11-9-18)33(20-12-16-37-17-13-20)27-30-14-3-15-31-27;/h1-6,8-11,14-15,20,23H,7,12-13,16-17H2,(H,32,34)(H,35,36);/q;+1/p-1/b4-1+;. The maximum absolute atomic E-state index is 12.6. The topological polar surface area (TPSA) is 107 Å². The number of aliphatic carboxylic acids is 1. The second-order valence-corrected chi connectivity index (χ2v) is 9.25. The summed E-state index contributed by atoms with van der Waals surface area (Å²) in [5.74, 6) is -1.46. The van der Waals surface area contributed by atoms with E-state index < -0.39 is 17.9 Å². The number of hydrogen-bond donors (Lipinski definition) is 1. The molecule has 4 rings (SSSR count). The molecule has 192 valence electrons. The first-order valence-electron chi connectivity index (χ1n) is 11.8. The molecule has 1 aliphatic rings. The van der Waals surface area contributed by atoms with Crippen LogP contribution in [0.15, 0.2) is 67.0 Å². The molecule has 2 heterocycles. The normalized spacial score (nSPS) is 14.5. The average molecular weight is 563 g/mol. The number of nitrogens with zero attached hydrogens (tertiary/aromatic N) is 3. The molecule has 0 aliphatic carbocycles. The van der Waals surface area contributed by atoms with Crippen LogP contribution >= 0.6 is 23.2 Å². The molecule has 0 bridgehead atoms. The van der Waals surface area contributed by atoms with Crippen LogP contribution < -0.4 is 44.9 Å². The number of amides is 1. The van der Waals surface area contributed by atoms with Gasteiger partial charge >= 0.3 is 29.6 Å². The van der Waals surface area contributed by atoms with Crippen molar-refractivity contribution in [3.05, 3.63) is 88.2 Å². The van der Waals surface area contributed by atoms with Crippen LogP contribution in [0, 0.1) is 0 Å². The molecule has 1 atom stereocenters. The molecule has 1 unspecified atom stereocenters. The Morgan fingerprint density at radius 2 is 1.68 bits per heavy atom. The third-order valence-electron chi connectivity index (χ3n) is 5.96. The van der Waals surface area contributed by atoms with Gasteiger partial charge in [-0.1, -0.05) is 53.6 Å². The van der Waals surface area contributed by atoms with E-state index >= 15 is 0 Å². The molecule has 2 aromatic carbocycles. The van der Waals surface area contributed by atoms with Gasteiger partial charge in [-0.15, -0.1) is 0 Å². The van der Waals surface area contributed by atoms with Crippen molar-refractivity contribution in [2.24, 2.45) is 0 Å². The van der Waals surface area contributed by atoms with Crippen LogP contribution in [0.25, 0.3) is 6.08 Å². The van der Waals surface area contributed by atoms with Crippen LogP contribution in [0.4, 0.5) is 11.6 Å². The molecular weight excluding hydrogens is 538 g/mol. The minimum atomic E-state index is -1.41. The fraction of sp³-hybridized carbons (Fsp3) is 0.259. The van der Waals surface area contributed by atoms with Gasteiger partial charge in [0.05, 0.1) is 27.6 Å². The largest absolute Gasteiger partial charge is 1.00 e. The molecule has 0 spiro atoms. The zero-order valence-electron chi connectivity index (χ0n) is 20.8. The zero-order valence-corrected chi connectivity index (χ0v) is 24.4. The van der Waals surface area contributed by atoms with Crippen molar-refractivity contribution in [3.63, 3.8) is 0 Å². The van der Waals surface area contributed by atoms with E-state index in [1.165, 1.54) is 12.1 Å². The Morgan fingerprint density at radius 1 is 1.05 bits per heavy atom. The summed E-state index contributed by atoms with van der Waals surface area (Å²) >= 11 is 12.1. The number of nitrogens with one attached hydrogen (secondary N) is 1. The summed E-state index contributed by atoms with van der Waals surface area (Å²) in [5, 5.41) is 14.3. The summed E-state index contributed by atoms with van der Waals surface area (Å²) in [4.78, 5) is 35.2. The number of aromatic nitrogens is 2. The van der Waals surface area contributed by atoms with E-state index in [-0.39, 0.29) is 57.6 Å². The molecule has 0 radical (unpaired) electrons. The van der Waals surface area contributed by atoms with Gasteiger partial charge in [0.25, 0.3) is 5.91 Å². The predicted octanol–water partition coefficient (Wildman–Crippen LogP) is 1.06. The van der Waals surface area contributed by atoms with Gasteiger partial charge in [0.1, 0.15) is 0 Å². The van der Waals surface area contributed by atoms with Gasteiger partial charge in [-0.2, -0.15) is 0 Å². The second-order valence-electron chi connectivity index (χ2n) is 8.43. The molecule has 1 aromatic heterocycles. The van der Waals surface area contributed by atoms with Crippen LogP contribution in [0.1, 0.15) is 35.2 Å². The molecule has 1 aliphatic heterocycles. The van der Waals surface area contributed by atoms with Crippen molar-refractivity contribution in [2.75, 3.05) is 18.1 Å². The van der Waals surface area contributed by atoms with Gasteiger partial charge in [-0.05, 0) is 55.2 Å². The Morgan fingerprint density at radius 3 is 2.29 bits per heavy atom. The van der Waals surface area contributed by atoms with Crippen molar-refractivity contribution in [3.8, 4) is 0 Å². The number of anilines is 2. The maximum Gasteiger partial charge on any atom is 1.00 e. The van der Waals surface area contributed by atoms with Crippen molar-refractivity contribution < 1.29 is 49.0 Å². The predicted molar refractivity (Wildman–Crippen MR) is 141 cm³/mol.